The first-order chi connectivity index (χ1) is 3.91. The fourth-order valence-electron chi connectivity index (χ4n) is 0.642. The topological polar surface area (TPSA) is 82.0 Å². The third-order valence-corrected chi connectivity index (χ3v) is 1.16. The Kier molecular flexibility index (Phi) is 29.6. The SMILES string of the molecule is NCCCCCCN.[K+].[OH-]. The quantitative estimate of drug-likeness (QED) is 0.349. The second kappa shape index (κ2) is 16.9. The molecule has 0 aliphatic heterocycles. The summed E-state index contributed by atoms with van der Waals surface area (Å²) < 4.78 is 0. The van der Waals surface area contributed by atoms with Crippen LogP contribution in [0.2, 0.25) is 0 Å². The molecule has 0 rings (SSSR count). The maximum Gasteiger partial charge on any atom is 1.00 e. The summed E-state index contributed by atoms with van der Waals surface area (Å²) in [6.07, 6.45) is 4.79. The van der Waals surface area contributed by atoms with E-state index in [-0.39, 0.29) is 56.9 Å². The molecule has 0 aliphatic rings. The molecule has 0 aromatic rings. The van der Waals surface area contributed by atoms with E-state index in [2.05, 4.69) is 0 Å². The van der Waals surface area contributed by atoms with Crippen molar-refractivity contribution in [3.63, 3.8) is 0 Å². The Labute approximate surface area is 106 Å². The molecule has 5 N–H and O–H groups in total. The van der Waals surface area contributed by atoms with Gasteiger partial charge < -0.3 is 16.9 Å². The van der Waals surface area contributed by atoms with Gasteiger partial charge in [-0.25, -0.2) is 0 Å². The molecule has 0 unspecified atom stereocenters. The van der Waals surface area contributed by atoms with Crippen LogP contribution < -0.4 is 62.9 Å². The van der Waals surface area contributed by atoms with Crippen LogP contribution in [0, 0.1) is 0 Å². The molecule has 4 heteroatoms. The molecule has 0 saturated carbocycles. The van der Waals surface area contributed by atoms with Crippen molar-refractivity contribution in [2.24, 2.45) is 11.5 Å². The van der Waals surface area contributed by atoms with Crippen LogP contribution in [0.5, 0.6) is 0 Å². The molecule has 58 valence electrons. The average molecular weight is 172 g/mol. The van der Waals surface area contributed by atoms with E-state index < -0.39 is 0 Å². The predicted octanol–water partition coefficient (Wildman–Crippen LogP) is -2.71. The zero-order chi connectivity index (χ0) is 6.24. The first kappa shape index (κ1) is 17.6. The van der Waals surface area contributed by atoms with E-state index in [1.165, 1.54) is 12.8 Å². The molecule has 0 amide bonds. The van der Waals surface area contributed by atoms with Gasteiger partial charge in [-0.15, -0.1) is 0 Å². The van der Waals surface area contributed by atoms with E-state index in [0.29, 0.717) is 0 Å². The number of nitrogens with two attached hydrogens (primary N) is 2. The minimum Gasteiger partial charge on any atom is -0.870 e. The molecule has 0 radical (unpaired) electrons. The summed E-state index contributed by atoms with van der Waals surface area (Å²) in [6, 6.07) is 0. The summed E-state index contributed by atoms with van der Waals surface area (Å²) in [5.74, 6) is 0. The van der Waals surface area contributed by atoms with Gasteiger partial charge in [-0.2, -0.15) is 0 Å². The standard InChI is InChI=1S/C6H16N2.K.H2O/c7-5-3-1-2-4-6-8;;/h1-8H2;;1H2/q;+1;/p-1. The smallest absolute Gasteiger partial charge is 0.870 e. The van der Waals surface area contributed by atoms with E-state index in [9.17, 15) is 0 Å². The van der Waals surface area contributed by atoms with Crippen molar-refractivity contribution in [1.82, 2.24) is 0 Å². The Balaban J connectivity index is -0.000000245. The zero-order valence-electron chi connectivity index (χ0n) is 6.84. The second-order valence-electron chi connectivity index (χ2n) is 1.99. The molecule has 0 aromatic carbocycles. The van der Waals surface area contributed by atoms with Gasteiger partial charge in [0.05, 0.1) is 0 Å². The Hall–Kier alpha value is 1.52. The summed E-state index contributed by atoms with van der Waals surface area (Å²) in [7, 11) is 0. The largest absolute Gasteiger partial charge is 1.00 e. The van der Waals surface area contributed by atoms with Gasteiger partial charge in [0, 0.05) is 0 Å². The van der Waals surface area contributed by atoms with Crippen molar-refractivity contribution in [2.75, 3.05) is 13.1 Å². The molecule has 0 spiro atoms. The summed E-state index contributed by atoms with van der Waals surface area (Å²) in [5, 5.41) is 0. The van der Waals surface area contributed by atoms with Gasteiger partial charge in [-0.05, 0) is 25.9 Å². The van der Waals surface area contributed by atoms with Crippen LogP contribution in [0.15, 0.2) is 0 Å². The molecule has 0 fully saturated rings. The van der Waals surface area contributed by atoms with Crippen molar-refractivity contribution < 1.29 is 56.9 Å². The van der Waals surface area contributed by atoms with Gasteiger partial charge in [0.1, 0.15) is 0 Å². The Morgan fingerprint density at radius 1 is 0.700 bits per heavy atom. The maximum absolute atomic E-state index is 5.28. The van der Waals surface area contributed by atoms with Crippen LogP contribution in [0.4, 0.5) is 0 Å². The van der Waals surface area contributed by atoms with Gasteiger partial charge in [-0.1, -0.05) is 12.8 Å². The normalized spacial score (nSPS) is 7.80. The third-order valence-electron chi connectivity index (χ3n) is 1.16. The van der Waals surface area contributed by atoms with Crippen LogP contribution in [0.25, 0.3) is 0 Å². The molecule has 3 nitrogen and oxygen atoms in total. The molecule has 10 heavy (non-hydrogen) atoms. The van der Waals surface area contributed by atoms with Crippen molar-refractivity contribution in [1.29, 1.82) is 0 Å². The van der Waals surface area contributed by atoms with Gasteiger partial charge in [0.15, 0.2) is 0 Å². The summed E-state index contributed by atoms with van der Waals surface area (Å²) in [5.41, 5.74) is 10.6. The van der Waals surface area contributed by atoms with Crippen molar-refractivity contribution in [3.05, 3.63) is 0 Å². The molecular formula is C6H17KN2O. The average Bonchev–Trinajstić information content (AvgIpc) is 1.81. The van der Waals surface area contributed by atoms with Crippen molar-refractivity contribution in [2.45, 2.75) is 25.7 Å². The predicted molar refractivity (Wildman–Crippen MR) is 38.5 cm³/mol. The van der Waals surface area contributed by atoms with Crippen LogP contribution in [0.3, 0.4) is 0 Å². The molecule has 0 saturated heterocycles. The van der Waals surface area contributed by atoms with Crippen LogP contribution in [-0.4, -0.2) is 18.6 Å². The van der Waals surface area contributed by atoms with E-state index in [0.717, 1.165) is 25.9 Å². The Morgan fingerprint density at radius 2 is 1.00 bits per heavy atom. The monoisotopic (exact) mass is 172 g/mol. The number of rotatable bonds is 5. The van der Waals surface area contributed by atoms with Gasteiger partial charge >= 0.3 is 51.4 Å². The minimum atomic E-state index is 0. The maximum atomic E-state index is 5.28. The number of unbranched alkanes of at least 4 members (excludes halogenated alkanes) is 3. The molecule has 0 atom stereocenters. The molecule has 0 aliphatic carbocycles. The minimum absolute atomic E-state index is 0. The fraction of sp³-hybridized carbons (Fsp3) is 1.00. The molecule has 0 aromatic heterocycles. The van der Waals surface area contributed by atoms with Gasteiger partial charge in [0.2, 0.25) is 0 Å². The Morgan fingerprint density at radius 3 is 1.20 bits per heavy atom. The van der Waals surface area contributed by atoms with Crippen molar-refractivity contribution in [3.8, 4) is 0 Å². The van der Waals surface area contributed by atoms with E-state index in [1.54, 1.807) is 0 Å². The summed E-state index contributed by atoms with van der Waals surface area (Å²) >= 11 is 0. The summed E-state index contributed by atoms with van der Waals surface area (Å²) in [4.78, 5) is 0. The van der Waals surface area contributed by atoms with Crippen LogP contribution in [-0.2, 0) is 0 Å². The van der Waals surface area contributed by atoms with E-state index >= 15 is 0 Å². The van der Waals surface area contributed by atoms with Crippen molar-refractivity contribution >= 4 is 0 Å². The van der Waals surface area contributed by atoms with E-state index in [4.69, 9.17) is 11.5 Å². The van der Waals surface area contributed by atoms with Crippen LogP contribution in [0.1, 0.15) is 25.7 Å². The molecular weight excluding hydrogens is 155 g/mol. The summed E-state index contributed by atoms with van der Waals surface area (Å²) in [6.45, 7) is 1.65. The van der Waals surface area contributed by atoms with E-state index in [1.807, 2.05) is 0 Å². The number of hydrogen-bond donors (Lipinski definition) is 2. The zero-order valence-corrected chi connectivity index (χ0v) is 9.97. The van der Waals surface area contributed by atoms with Gasteiger partial charge in [-0.3, -0.25) is 0 Å². The third kappa shape index (κ3) is 16.3. The number of hydrogen-bond acceptors (Lipinski definition) is 3. The molecule has 0 heterocycles. The van der Waals surface area contributed by atoms with Crippen LogP contribution >= 0.6 is 0 Å². The Bertz CT molecular complexity index is 40.7. The fourth-order valence-corrected chi connectivity index (χ4v) is 0.642. The molecule has 0 bridgehead atoms. The first-order valence-electron chi connectivity index (χ1n) is 3.32. The van der Waals surface area contributed by atoms with Gasteiger partial charge in [0.25, 0.3) is 0 Å². The first-order valence-corrected chi connectivity index (χ1v) is 3.32. The second-order valence-corrected chi connectivity index (χ2v) is 1.99.